The van der Waals surface area contributed by atoms with Crippen LogP contribution in [0.2, 0.25) is 0 Å². The molecule has 1 aliphatic rings. The van der Waals surface area contributed by atoms with E-state index in [1.54, 1.807) is 18.0 Å². The van der Waals surface area contributed by atoms with Gasteiger partial charge in [0, 0.05) is 32.7 Å². The quantitative estimate of drug-likeness (QED) is 0.801. The van der Waals surface area contributed by atoms with Gasteiger partial charge in [-0.2, -0.15) is 5.26 Å². The Morgan fingerprint density at radius 3 is 2.66 bits per heavy atom. The number of piperidine rings is 1. The fraction of sp³-hybridized carbons (Fsp3) is 0.417. The van der Waals surface area contributed by atoms with Crippen LogP contribution in [0, 0.1) is 11.3 Å². The minimum absolute atomic E-state index is 0.126. The van der Waals surface area contributed by atoms with E-state index >= 15 is 0 Å². The Labute approximate surface area is 173 Å². The number of amides is 2. The highest BCUT2D eigenvalue weighted by atomic mass is 16.2. The molecule has 2 aromatic carbocycles. The highest BCUT2D eigenvalue weighted by Crippen LogP contribution is 2.19. The molecular weight excluding hydrogens is 360 g/mol. The number of nitriles is 1. The van der Waals surface area contributed by atoms with Crippen LogP contribution >= 0.6 is 0 Å². The molecule has 1 saturated heterocycles. The minimum atomic E-state index is -0.126. The van der Waals surface area contributed by atoms with E-state index in [0.29, 0.717) is 24.7 Å². The summed E-state index contributed by atoms with van der Waals surface area (Å²) in [6.07, 6.45) is 3.93. The molecule has 0 spiro atoms. The smallest absolute Gasteiger partial charge is 0.317 e. The Kier molecular flexibility index (Phi) is 7.26. The molecule has 0 radical (unpaired) electrons. The lowest BCUT2D eigenvalue weighted by Gasteiger charge is -2.33. The van der Waals surface area contributed by atoms with Crippen LogP contribution in [0.25, 0.3) is 0 Å². The van der Waals surface area contributed by atoms with Crippen LogP contribution in [-0.4, -0.2) is 35.5 Å². The normalized spacial score (nSPS) is 16.8. The Morgan fingerprint density at radius 2 is 1.93 bits per heavy atom. The molecule has 1 fully saturated rings. The summed E-state index contributed by atoms with van der Waals surface area (Å²) in [5, 5.41) is 12.0. The van der Waals surface area contributed by atoms with Gasteiger partial charge in [0.1, 0.15) is 0 Å². The van der Waals surface area contributed by atoms with Crippen molar-refractivity contribution in [1.82, 2.24) is 15.1 Å². The molecule has 0 aromatic heterocycles. The topological polar surface area (TPSA) is 59.4 Å². The summed E-state index contributed by atoms with van der Waals surface area (Å²) in [7, 11) is 1.76. The van der Waals surface area contributed by atoms with Gasteiger partial charge in [-0.1, -0.05) is 42.8 Å². The van der Waals surface area contributed by atoms with Gasteiger partial charge in [-0.15, -0.1) is 0 Å². The number of likely N-dealkylation sites (tertiary alicyclic amines) is 1. The van der Waals surface area contributed by atoms with E-state index in [4.69, 9.17) is 5.26 Å². The maximum absolute atomic E-state index is 12.4. The fourth-order valence-corrected chi connectivity index (χ4v) is 3.79. The second-order valence-corrected chi connectivity index (χ2v) is 7.96. The van der Waals surface area contributed by atoms with Gasteiger partial charge in [-0.25, -0.2) is 4.79 Å². The summed E-state index contributed by atoms with van der Waals surface area (Å²) < 4.78 is 0. The number of carbonyl (C=O) groups is 1. The van der Waals surface area contributed by atoms with Crippen molar-refractivity contribution in [3.63, 3.8) is 0 Å². The number of urea groups is 1. The zero-order chi connectivity index (χ0) is 20.6. The summed E-state index contributed by atoms with van der Waals surface area (Å²) in [6.45, 7) is 5.47. The molecule has 1 aliphatic heterocycles. The van der Waals surface area contributed by atoms with Crippen molar-refractivity contribution in [2.75, 3.05) is 13.6 Å². The molecule has 5 heteroatoms. The maximum Gasteiger partial charge on any atom is 0.317 e. The zero-order valence-electron chi connectivity index (χ0n) is 17.4. The summed E-state index contributed by atoms with van der Waals surface area (Å²) >= 11 is 0. The molecule has 152 valence electrons. The molecule has 0 saturated carbocycles. The Hall–Kier alpha value is -2.84. The van der Waals surface area contributed by atoms with E-state index in [-0.39, 0.29) is 6.03 Å². The summed E-state index contributed by atoms with van der Waals surface area (Å²) in [4.78, 5) is 16.6. The Balaban J connectivity index is 1.47. The number of benzene rings is 2. The highest BCUT2D eigenvalue weighted by Gasteiger charge is 2.18. The average Bonchev–Trinajstić information content (AvgIpc) is 2.74. The maximum atomic E-state index is 12.4. The summed E-state index contributed by atoms with van der Waals surface area (Å²) in [6, 6.07) is 18.5. The molecule has 0 bridgehead atoms. The summed E-state index contributed by atoms with van der Waals surface area (Å²) in [5.41, 5.74) is 3.96. The third-order valence-electron chi connectivity index (χ3n) is 5.62. The molecule has 3 rings (SSSR count). The van der Waals surface area contributed by atoms with Crippen molar-refractivity contribution < 1.29 is 4.79 Å². The molecule has 1 heterocycles. The third-order valence-corrected chi connectivity index (χ3v) is 5.62. The van der Waals surface area contributed by atoms with Crippen molar-refractivity contribution in [1.29, 1.82) is 5.26 Å². The van der Waals surface area contributed by atoms with E-state index in [0.717, 1.165) is 17.7 Å². The SMILES string of the molecule is CC1CCCCN1Cc1ccc(CNC(=O)N(C)Cc2cccc(C#N)c2)cc1. The molecule has 5 nitrogen and oxygen atoms in total. The fourth-order valence-electron chi connectivity index (χ4n) is 3.79. The standard InChI is InChI=1S/C24H30N4O/c1-19-6-3-4-13-28(19)18-21-11-9-20(10-12-21)16-26-24(29)27(2)17-23-8-5-7-22(14-23)15-25/h5,7-12,14,19H,3-4,6,13,16-18H2,1-2H3,(H,26,29). The number of nitrogens with one attached hydrogen (secondary N) is 1. The lowest BCUT2D eigenvalue weighted by atomic mass is 10.0. The predicted octanol–water partition coefficient (Wildman–Crippen LogP) is 4.27. The van der Waals surface area contributed by atoms with E-state index < -0.39 is 0 Å². The molecule has 2 aromatic rings. The van der Waals surface area contributed by atoms with Gasteiger partial charge in [-0.3, -0.25) is 4.90 Å². The second-order valence-electron chi connectivity index (χ2n) is 7.96. The molecule has 2 amide bonds. The van der Waals surface area contributed by atoms with Crippen LogP contribution in [0.15, 0.2) is 48.5 Å². The van der Waals surface area contributed by atoms with Gasteiger partial charge in [0.15, 0.2) is 0 Å². The van der Waals surface area contributed by atoms with Crippen molar-refractivity contribution >= 4 is 6.03 Å². The van der Waals surface area contributed by atoms with Gasteiger partial charge >= 0.3 is 6.03 Å². The number of hydrogen-bond donors (Lipinski definition) is 1. The molecule has 1 atom stereocenters. The first-order chi connectivity index (χ1) is 14.0. The van der Waals surface area contributed by atoms with Crippen LogP contribution in [0.3, 0.4) is 0 Å². The second kappa shape index (κ2) is 10.1. The third kappa shape index (κ3) is 6.07. The molecule has 0 aliphatic carbocycles. The lowest BCUT2D eigenvalue weighted by Crippen LogP contribution is -2.37. The van der Waals surface area contributed by atoms with Crippen molar-refractivity contribution in [3.05, 3.63) is 70.8 Å². The molecule has 29 heavy (non-hydrogen) atoms. The van der Waals surface area contributed by atoms with Crippen LogP contribution in [-0.2, 0) is 19.6 Å². The van der Waals surface area contributed by atoms with Gasteiger partial charge in [0.25, 0.3) is 0 Å². The van der Waals surface area contributed by atoms with Crippen LogP contribution in [0.1, 0.15) is 48.4 Å². The van der Waals surface area contributed by atoms with E-state index in [1.807, 2.05) is 18.2 Å². The average molecular weight is 391 g/mol. The molecule has 1 N–H and O–H groups in total. The summed E-state index contributed by atoms with van der Waals surface area (Å²) in [5.74, 6) is 0. The predicted molar refractivity (Wildman–Crippen MR) is 115 cm³/mol. The molecular formula is C24H30N4O. The number of hydrogen-bond acceptors (Lipinski definition) is 3. The van der Waals surface area contributed by atoms with Crippen LogP contribution in [0.5, 0.6) is 0 Å². The van der Waals surface area contributed by atoms with E-state index in [1.165, 1.54) is 31.4 Å². The monoisotopic (exact) mass is 390 g/mol. The minimum Gasteiger partial charge on any atom is -0.334 e. The van der Waals surface area contributed by atoms with Gasteiger partial charge in [0.05, 0.1) is 11.6 Å². The van der Waals surface area contributed by atoms with Gasteiger partial charge in [0.2, 0.25) is 0 Å². The van der Waals surface area contributed by atoms with E-state index in [9.17, 15) is 4.79 Å². The van der Waals surface area contributed by atoms with Gasteiger partial charge in [-0.05, 0) is 55.1 Å². The van der Waals surface area contributed by atoms with Gasteiger partial charge < -0.3 is 10.2 Å². The van der Waals surface area contributed by atoms with Crippen molar-refractivity contribution in [3.8, 4) is 6.07 Å². The van der Waals surface area contributed by atoms with Crippen LogP contribution in [0.4, 0.5) is 4.79 Å². The first-order valence-electron chi connectivity index (χ1n) is 10.3. The Morgan fingerprint density at radius 1 is 1.17 bits per heavy atom. The number of carbonyl (C=O) groups excluding carboxylic acids is 1. The van der Waals surface area contributed by atoms with Crippen LogP contribution < -0.4 is 5.32 Å². The lowest BCUT2D eigenvalue weighted by molar-refractivity contribution is 0.152. The highest BCUT2D eigenvalue weighted by molar-refractivity contribution is 5.73. The first kappa shape index (κ1) is 20.9. The first-order valence-corrected chi connectivity index (χ1v) is 10.3. The number of nitrogens with zero attached hydrogens (tertiary/aromatic N) is 3. The van der Waals surface area contributed by atoms with E-state index in [2.05, 4.69) is 47.5 Å². The van der Waals surface area contributed by atoms with Crippen molar-refractivity contribution in [2.24, 2.45) is 0 Å². The zero-order valence-corrected chi connectivity index (χ0v) is 17.4. The van der Waals surface area contributed by atoms with Crippen molar-refractivity contribution in [2.45, 2.75) is 51.9 Å². The Bertz CT molecular complexity index is 856. The number of rotatable bonds is 6. The molecule has 1 unspecified atom stereocenters. The largest absolute Gasteiger partial charge is 0.334 e.